The van der Waals surface area contributed by atoms with Crippen LogP contribution in [-0.4, -0.2) is 22.4 Å². The molecule has 1 heterocycles. The number of aromatic nitrogens is 2. The number of rotatable bonds is 5. The molecule has 1 atom stereocenters. The number of benzene rings is 1. The molecule has 1 amide bonds. The van der Waals surface area contributed by atoms with Crippen LogP contribution in [0.4, 0.5) is 0 Å². The third kappa shape index (κ3) is 3.72. The maximum absolute atomic E-state index is 12.4. The minimum Gasteiger partial charge on any atom is -0.351 e. The van der Waals surface area contributed by atoms with E-state index < -0.39 is 5.56 Å². The molecule has 0 spiro atoms. The molecule has 1 fully saturated rings. The highest BCUT2D eigenvalue weighted by molar-refractivity contribution is 5.93. The van der Waals surface area contributed by atoms with E-state index >= 15 is 0 Å². The van der Waals surface area contributed by atoms with Gasteiger partial charge in [0, 0.05) is 18.7 Å². The van der Waals surface area contributed by atoms with Gasteiger partial charge in [-0.3, -0.25) is 9.59 Å². The van der Waals surface area contributed by atoms with Crippen LogP contribution >= 0.6 is 0 Å². The van der Waals surface area contributed by atoms with E-state index in [1.807, 2.05) is 18.2 Å². The van der Waals surface area contributed by atoms with E-state index in [2.05, 4.69) is 27.4 Å². The second-order valence-electron chi connectivity index (χ2n) is 6.48. The summed E-state index contributed by atoms with van der Waals surface area (Å²) in [6, 6.07) is 10.3. The van der Waals surface area contributed by atoms with Gasteiger partial charge in [0.2, 0.25) is 0 Å². The van der Waals surface area contributed by atoms with Crippen molar-refractivity contribution in [3.05, 3.63) is 63.8 Å². The molecule has 0 aliphatic heterocycles. The van der Waals surface area contributed by atoms with Crippen molar-refractivity contribution in [2.45, 2.75) is 38.5 Å². The summed E-state index contributed by atoms with van der Waals surface area (Å²) in [5.74, 6) is 1.02. The van der Waals surface area contributed by atoms with Gasteiger partial charge in [-0.2, -0.15) is 0 Å². The lowest BCUT2D eigenvalue weighted by Crippen LogP contribution is -2.34. The van der Waals surface area contributed by atoms with E-state index in [4.69, 9.17) is 0 Å². The molecule has 1 aromatic heterocycles. The van der Waals surface area contributed by atoms with Gasteiger partial charge in [0.25, 0.3) is 11.5 Å². The summed E-state index contributed by atoms with van der Waals surface area (Å²) in [5.41, 5.74) is 0.927. The van der Waals surface area contributed by atoms with Crippen molar-refractivity contribution in [3.63, 3.8) is 0 Å². The number of aromatic amines is 1. The Morgan fingerprint density at radius 3 is 2.67 bits per heavy atom. The van der Waals surface area contributed by atoms with Gasteiger partial charge in [0.15, 0.2) is 0 Å². The largest absolute Gasteiger partial charge is 0.351 e. The average molecular weight is 325 g/mol. The SMILES string of the molecule is Cc1ncc(C(=O)NC[C@@H](c2ccccc2)C2CCCC2)c(=O)[nH]1. The van der Waals surface area contributed by atoms with Crippen LogP contribution in [0, 0.1) is 12.8 Å². The van der Waals surface area contributed by atoms with E-state index in [0.29, 0.717) is 18.3 Å². The van der Waals surface area contributed by atoms with Crippen molar-refractivity contribution in [2.75, 3.05) is 6.54 Å². The standard InChI is InChI=1S/C19H23N3O2/c1-13-20-12-17(19(24)22-13)18(23)21-11-16(15-9-5-6-10-15)14-7-3-2-4-8-14/h2-4,7-8,12,15-16H,5-6,9-11H2,1H3,(H,21,23)(H,20,22,24)/t16-/m0/s1. The number of H-pyrrole nitrogens is 1. The summed E-state index contributed by atoms with van der Waals surface area (Å²) in [5, 5.41) is 2.94. The molecule has 5 nitrogen and oxygen atoms in total. The number of aryl methyl sites for hydroxylation is 1. The van der Waals surface area contributed by atoms with Gasteiger partial charge < -0.3 is 10.3 Å². The Kier molecular flexibility index (Phi) is 5.08. The molecule has 1 saturated carbocycles. The number of hydrogen-bond acceptors (Lipinski definition) is 3. The molecular weight excluding hydrogens is 302 g/mol. The molecule has 0 radical (unpaired) electrons. The second kappa shape index (κ2) is 7.43. The molecular formula is C19H23N3O2. The maximum atomic E-state index is 12.4. The van der Waals surface area contributed by atoms with E-state index in [1.54, 1.807) is 6.92 Å². The van der Waals surface area contributed by atoms with Crippen LogP contribution in [0.2, 0.25) is 0 Å². The van der Waals surface area contributed by atoms with Crippen LogP contribution < -0.4 is 10.9 Å². The zero-order chi connectivity index (χ0) is 16.9. The first-order valence-corrected chi connectivity index (χ1v) is 8.54. The van der Waals surface area contributed by atoms with Gasteiger partial charge in [-0.05, 0) is 31.2 Å². The van der Waals surface area contributed by atoms with Crippen molar-refractivity contribution in [3.8, 4) is 0 Å². The van der Waals surface area contributed by atoms with Crippen LogP contribution in [-0.2, 0) is 0 Å². The zero-order valence-electron chi connectivity index (χ0n) is 13.9. The number of nitrogens with zero attached hydrogens (tertiary/aromatic N) is 1. The summed E-state index contributed by atoms with van der Waals surface area (Å²) in [6.45, 7) is 2.23. The Labute approximate surface area is 141 Å². The second-order valence-corrected chi connectivity index (χ2v) is 6.48. The van der Waals surface area contributed by atoms with Crippen molar-refractivity contribution >= 4 is 5.91 Å². The van der Waals surface area contributed by atoms with Gasteiger partial charge in [-0.25, -0.2) is 4.98 Å². The quantitative estimate of drug-likeness (QED) is 0.887. The molecule has 1 aliphatic carbocycles. The number of carbonyl (C=O) groups excluding carboxylic acids is 1. The molecule has 24 heavy (non-hydrogen) atoms. The van der Waals surface area contributed by atoms with Crippen molar-refractivity contribution in [1.29, 1.82) is 0 Å². The summed E-state index contributed by atoms with van der Waals surface area (Å²) in [4.78, 5) is 30.8. The molecule has 0 bridgehead atoms. The summed E-state index contributed by atoms with van der Waals surface area (Å²) < 4.78 is 0. The van der Waals surface area contributed by atoms with E-state index in [1.165, 1.54) is 37.4 Å². The van der Waals surface area contributed by atoms with E-state index in [9.17, 15) is 9.59 Å². The number of nitrogens with one attached hydrogen (secondary N) is 2. The van der Waals surface area contributed by atoms with Crippen molar-refractivity contribution in [2.24, 2.45) is 5.92 Å². The molecule has 0 saturated heterocycles. The highest BCUT2D eigenvalue weighted by atomic mass is 16.2. The first kappa shape index (κ1) is 16.4. The minimum atomic E-state index is -0.392. The first-order valence-electron chi connectivity index (χ1n) is 8.54. The summed E-state index contributed by atoms with van der Waals surface area (Å²) in [6.07, 6.45) is 6.24. The van der Waals surface area contributed by atoms with Crippen molar-refractivity contribution in [1.82, 2.24) is 15.3 Å². The van der Waals surface area contributed by atoms with Crippen LogP contribution in [0.25, 0.3) is 0 Å². The lowest BCUT2D eigenvalue weighted by Gasteiger charge is -2.24. The minimum absolute atomic E-state index is 0.0684. The van der Waals surface area contributed by atoms with Crippen LogP contribution in [0.5, 0.6) is 0 Å². The van der Waals surface area contributed by atoms with Gasteiger partial charge in [-0.15, -0.1) is 0 Å². The topological polar surface area (TPSA) is 74.8 Å². The molecule has 3 rings (SSSR count). The Morgan fingerprint density at radius 2 is 2.00 bits per heavy atom. The third-order valence-corrected chi connectivity index (χ3v) is 4.85. The number of hydrogen-bond donors (Lipinski definition) is 2. The lowest BCUT2D eigenvalue weighted by atomic mass is 9.85. The number of amides is 1. The normalized spacial score (nSPS) is 16.0. The maximum Gasteiger partial charge on any atom is 0.263 e. The number of carbonyl (C=O) groups is 1. The molecule has 1 aromatic carbocycles. The fraction of sp³-hybridized carbons (Fsp3) is 0.421. The molecule has 5 heteroatoms. The zero-order valence-corrected chi connectivity index (χ0v) is 13.9. The lowest BCUT2D eigenvalue weighted by molar-refractivity contribution is 0.0946. The van der Waals surface area contributed by atoms with Gasteiger partial charge in [-0.1, -0.05) is 43.2 Å². The predicted molar refractivity (Wildman–Crippen MR) is 93.1 cm³/mol. The van der Waals surface area contributed by atoms with Crippen LogP contribution in [0.3, 0.4) is 0 Å². The summed E-state index contributed by atoms with van der Waals surface area (Å²) >= 11 is 0. The van der Waals surface area contributed by atoms with Crippen LogP contribution in [0.15, 0.2) is 41.3 Å². The van der Waals surface area contributed by atoms with Gasteiger partial charge >= 0.3 is 0 Å². The smallest absolute Gasteiger partial charge is 0.263 e. The third-order valence-electron chi connectivity index (χ3n) is 4.85. The fourth-order valence-electron chi connectivity index (χ4n) is 3.56. The molecule has 2 aromatic rings. The first-order chi connectivity index (χ1) is 11.6. The van der Waals surface area contributed by atoms with E-state index in [0.717, 1.165) is 0 Å². The highest BCUT2D eigenvalue weighted by Gasteiger charge is 2.27. The summed E-state index contributed by atoms with van der Waals surface area (Å²) in [7, 11) is 0. The predicted octanol–water partition coefficient (Wildman–Crippen LogP) is 2.78. The average Bonchev–Trinajstić information content (AvgIpc) is 3.10. The molecule has 0 unspecified atom stereocenters. The molecule has 1 aliphatic rings. The van der Waals surface area contributed by atoms with Crippen molar-refractivity contribution < 1.29 is 4.79 Å². The van der Waals surface area contributed by atoms with Crippen LogP contribution in [0.1, 0.15) is 53.3 Å². The Morgan fingerprint density at radius 1 is 1.29 bits per heavy atom. The Hall–Kier alpha value is -2.43. The highest BCUT2D eigenvalue weighted by Crippen LogP contribution is 2.36. The monoisotopic (exact) mass is 325 g/mol. The molecule has 2 N–H and O–H groups in total. The fourth-order valence-corrected chi connectivity index (χ4v) is 3.56. The Bertz CT molecular complexity index is 749. The Balaban J connectivity index is 1.73. The van der Waals surface area contributed by atoms with Gasteiger partial charge in [0.05, 0.1) is 0 Å². The van der Waals surface area contributed by atoms with Gasteiger partial charge in [0.1, 0.15) is 11.4 Å². The molecule has 126 valence electrons. The van der Waals surface area contributed by atoms with E-state index in [-0.39, 0.29) is 17.4 Å².